The summed E-state index contributed by atoms with van der Waals surface area (Å²) in [6, 6.07) is 0. The Bertz CT molecular complexity index is 96.1. The number of rotatable bonds is 5. The fraction of sp³-hybridized carbons (Fsp3) is 1.00. The largest absolute Gasteiger partial charge is 0.392 e. The zero-order valence-electron chi connectivity index (χ0n) is 7.87. The molecule has 0 aliphatic carbocycles. The van der Waals surface area contributed by atoms with Gasteiger partial charge in [-0.2, -0.15) is 0 Å². The molecule has 0 aromatic heterocycles. The Balaban J connectivity index is 3.43. The summed E-state index contributed by atoms with van der Waals surface area (Å²) < 4.78 is 5.08. The first kappa shape index (κ1) is 10.9. The molecule has 0 spiro atoms. The Morgan fingerprint density at radius 3 is 2.27 bits per heavy atom. The summed E-state index contributed by atoms with van der Waals surface area (Å²) in [5.41, 5.74) is 0. The van der Waals surface area contributed by atoms with Gasteiger partial charge in [0.05, 0.1) is 12.2 Å². The van der Waals surface area contributed by atoms with E-state index >= 15 is 0 Å². The van der Waals surface area contributed by atoms with Gasteiger partial charge in [-0.1, -0.05) is 0 Å². The van der Waals surface area contributed by atoms with E-state index < -0.39 is 0 Å². The van der Waals surface area contributed by atoms with Gasteiger partial charge in [0.1, 0.15) is 0 Å². The lowest BCUT2D eigenvalue weighted by atomic mass is 10.3. The minimum absolute atomic E-state index is 0.235. The van der Waals surface area contributed by atoms with E-state index in [0.717, 1.165) is 6.54 Å². The molecule has 1 N–H and O–H groups in total. The molecule has 0 amide bonds. The highest BCUT2D eigenvalue weighted by Crippen LogP contribution is 1.93. The topological polar surface area (TPSA) is 32.7 Å². The van der Waals surface area contributed by atoms with Crippen molar-refractivity contribution in [3.63, 3.8) is 0 Å². The van der Waals surface area contributed by atoms with Gasteiger partial charge in [0.25, 0.3) is 0 Å². The molecule has 11 heavy (non-hydrogen) atoms. The Hall–Kier alpha value is -0.120. The van der Waals surface area contributed by atoms with Crippen LogP contribution in [0.2, 0.25) is 0 Å². The molecule has 0 aromatic rings. The highest BCUT2D eigenvalue weighted by Gasteiger charge is 2.06. The first-order valence-corrected chi connectivity index (χ1v) is 3.95. The fourth-order valence-electron chi connectivity index (χ4n) is 1.04. The summed E-state index contributed by atoms with van der Waals surface area (Å²) in [6.07, 6.45) is -0.0252. The predicted molar refractivity (Wildman–Crippen MR) is 45.6 cm³/mol. The molecule has 0 aromatic carbocycles. The summed E-state index contributed by atoms with van der Waals surface area (Å²) in [5.74, 6) is 0. The van der Waals surface area contributed by atoms with Gasteiger partial charge in [0, 0.05) is 20.2 Å². The smallest absolute Gasteiger partial charge is 0.0670 e. The third-order valence-electron chi connectivity index (χ3n) is 1.55. The number of likely N-dealkylation sites (N-methyl/N-ethyl adjacent to an activating group) is 1. The molecule has 3 nitrogen and oxygen atoms in total. The van der Waals surface area contributed by atoms with Gasteiger partial charge in [-0.3, -0.25) is 0 Å². The second-order valence-electron chi connectivity index (χ2n) is 3.12. The number of ether oxygens (including phenoxy) is 1. The van der Waals surface area contributed by atoms with E-state index in [1.807, 2.05) is 14.0 Å². The lowest BCUT2D eigenvalue weighted by Crippen LogP contribution is -2.33. The average Bonchev–Trinajstić information content (AvgIpc) is 1.85. The van der Waals surface area contributed by atoms with Crippen molar-refractivity contribution in [2.24, 2.45) is 0 Å². The summed E-state index contributed by atoms with van der Waals surface area (Å²) in [6.45, 7) is 5.36. The van der Waals surface area contributed by atoms with Crippen LogP contribution in [0.3, 0.4) is 0 Å². The Morgan fingerprint density at radius 1 is 1.36 bits per heavy atom. The number of hydrogen-bond acceptors (Lipinski definition) is 3. The summed E-state index contributed by atoms with van der Waals surface area (Å²) in [7, 11) is 3.67. The maximum atomic E-state index is 9.03. The molecule has 0 heterocycles. The van der Waals surface area contributed by atoms with Gasteiger partial charge in [-0.05, 0) is 20.9 Å². The van der Waals surface area contributed by atoms with Crippen molar-refractivity contribution in [3.8, 4) is 0 Å². The van der Waals surface area contributed by atoms with Crippen LogP contribution in [0.4, 0.5) is 0 Å². The number of hydrogen-bond donors (Lipinski definition) is 1. The SMILES string of the molecule is COC(C)CN(C)CC(C)O. The highest BCUT2D eigenvalue weighted by molar-refractivity contribution is 4.60. The van der Waals surface area contributed by atoms with Crippen molar-refractivity contribution in [2.75, 3.05) is 27.2 Å². The molecule has 2 unspecified atom stereocenters. The molecular formula is C8H19NO2. The van der Waals surface area contributed by atoms with Crippen molar-refractivity contribution >= 4 is 0 Å². The van der Waals surface area contributed by atoms with E-state index in [0.29, 0.717) is 6.54 Å². The standard InChI is InChI=1S/C8H19NO2/c1-7(10)5-9(3)6-8(2)11-4/h7-8,10H,5-6H2,1-4H3. The zero-order valence-corrected chi connectivity index (χ0v) is 7.87. The average molecular weight is 161 g/mol. The molecule has 3 heteroatoms. The van der Waals surface area contributed by atoms with E-state index in [1.165, 1.54) is 0 Å². The maximum Gasteiger partial charge on any atom is 0.0670 e. The van der Waals surface area contributed by atoms with Crippen LogP contribution in [-0.4, -0.2) is 49.5 Å². The van der Waals surface area contributed by atoms with Gasteiger partial charge < -0.3 is 14.7 Å². The monoisotopic (exact) mass is 161 g/mol. The van der Waals surface area contributed by atoms with Crippen LogP contribution in [0.25, 0.3) is 0 Å². The predicted octanol–water partition coefficient (Wildman–Crippen LogP) is 0.334. The van der Waals surface area contributed by atoms with Crippen molar-refractivity contribution in [1.82, 2.24) is 4.90 Å². The van der Waals surface area contributed by atoms with E-state index in [-0.39, 0.29) is 12.2 Å². The fourth-order valence-corrected chi connectivity index (χ4v) is 1.04. The van der Waals surface area contributed by atoms with Crippen LogP contribution in [0.1, 0.15) is 13.8 Å². The molecule has 0 saturated heterocycles. The molecule has 2 atom stereocenters. The van der Waals surface area contributed by atoms with Crippen molar-refractivity contribution < 1.29 is 9.84 Å². The molecule has 0 rings (SSSR count). The lowest BCUT2D eigenvalue weighted by Gasteiger charge is -2.21. The third-order valence-corrected chi connectivity index (χ3v) is 1.55. The quantitative estimate of drug-likeness (QED) is 0.631. The molecule has 0 fully saturated rings. The van der Waals surface area contributed by atoms with Crippen LogP contribution < -0.4 is 0 Å². The minimum Gasteiger partial charge on any atom is -0.392 e. The Labute approximate surface area is 69.0 Å². The first-order valence-electron chi connectivity index (χ1n) is 3.95. The van der Waals surface area contributed by atoms with Gasteiger partial charge in [0.2, 0.25) is 0 Å². The number of methoxy groups -OCH3 is 1. The lowest BCUT2D eigenvalue weighted by molar-refractivity contribution is 0.0670. The normalized spacial score (nSPS) is 16.9. The van der Waals surface area contributed by atoms with E-state index in [2.05, 4.69) is 4.90 Å². The van der Waals surface area contributed by atoms with Crippen LogP contribution in [0.5, 0.6) is 0 Å². The second-order valence-corrected chi connectivity index (χ2v) is 3.12. The Morgan fingerprint density at radius 2 is 1.91 bits per heavy atom. The number of aliphatic hydroxyl groups is 1. The molecular weight excluding hydrogens is 142 g/mol. The third kappa shape index (κ3) is 6.28. The van der Waals surface area contributed by atoms with Gasteiger partial charge >= 0.3 is 0 Å². The molecule has 0 bridgehead atoms. The van der Waals surface area contributed by atoms with Gasteiger partial charge in [-0.25, -0.2) is 0 Å². The van der Waals surface area contributed by atoms with E-state index in [4.69, 9.17) is 9.84 Å². The summed E-state index contributed by atoms with van der Waals surface area (Å²) in [4.78, 5) is 2.05. The summed E-state index contributed by atoms with van der Waals surface area (Å²) in [5, 5.41) is 9.03. The minimum atomic E-state index is -0.260. The van der Waals surface area contributed by atoms with Crippen molar-refractivity contribution in [2.45, 2.75) is 26.1 Å². The Kier molecular flexibility index (Phi) is 5.46. The molecule has 68 valence electrons. The number of aliphatic hydroxyl groups excluding tert-OH is 1. The van der Waals surface area contributed by atoms with Crippen LogP contribution in [-0.2, 0) is 4.74 Å². The highest BCUT2D eigenvalue weighted by atomic mass is 16.5. The zero-order chi connectivity index (χ0) is 8.85. The van der Waals surface area contributed by atoms with E-state index in [9.17, 15) is 0 Å². The summed E-state index contributed by atoms with van der Waals surface area (Å²) >= 11 is 0. The van der Waals surface area contributed by atoms with Gasteiger partial charge in [0.15, 0.2) is 0 Å². The molecule has 0 aliphatic rings. The molecule has 0 radical (unpaired) electrons. The first-order chi connectivity index (χ1) is 5.06. The number of nitrogens with zero attached hydrogens (tertiary/aromatic N) is 1. The molecule has 0 saturated carbocycles. The molecule has 0 aliphatic heterocycles. The van der Waals surface area contributed by atoms with Crippen LogP contribution in [0, 0.1) is 0 Å². The van der Waals surface area contributed by atoms with Crippen LogP contribution >= 0.6 is 0 Å². The van der Waals surface area contributed by atoms with E-state index in [1.54, 1.807) is 14.0 Å². The van der Waals surface area contributed by atoms with Gasteiger partial charge in [-0.15, -0.1) is 0 Å². The second kappa shape index (κ2) is 5.52. The maximum absolute atomic E-state index is 9.03. The van der Waals surface area contributed by atoms with Crippen molar-refractivity contribution in [1.29, 1.82) is 0 Å². The van der Waals surface area contributed by atoms with Crippen molar-refractivity contribution in [3.05, 3.63) is 0 Å². The van der Waals surface area contributed by atoms with Crippen LogP contribution in [0.15, 0.2) is 0 Å².